The highest BCUT2D eigenvalue weighted by molar-refractivity contribution is 6.01. The van der Waals surface area contributed by atoms with Crippen LogP contribution in [-0.4, -0.2) is 41.1 Å². The number of hydrogen-bond acceptors (Lipinski definition) is 4. The maximum atomic E-state index is 12.6. The minimum absolute atomic E-state index is 0. The standard InChI is InChI=1S/C20H23N5O.2ClH/c1-25-10-8-14(9-11-25)20(26)22-19-17-12-15(4-7-18(17)23-24-19)13-2-5-16(21)6-3-13;;/h2-7,12,14H,8-11,21H2,1H3,(H2,22,23,24,26);2*1H. The highest BCUT2D eigenvalue weighted by atomic mass is 35.5. The molecule has 1 aliphatic rings. The van der Waals surface area contributed by atoms with Crippen LogP contribution in [0.2, 0.25) is 0 Å². The monoisotopic (exact) mass is 421 g/mol. The average molecular weight is 422 g/mol. The zero-order chi connectivity index (χ0) is 18.1. The van der Waals surface area contributed by atoms with Crippen molar-refractivity contribution in [2.45, 2.75) is 12.8 Å². The van der Waals surface area contributed by atoms with Gasteiger partial charge < -0.3 is 16.0 Å². The molecule has 6 nitrogen and oxygen atoms in total. The molecule has 0 radical (unpaired) electrons. The predicted molar refractivity (Wildman–Crippen MR) is 119 cm³/mol. The van der Waals surface area contributed by atoms with Crippen LogP contribution in [0.5, 0.6) is 0 Å². The van der Waals surface area contributed by atoms with Crippen LogP contribution in [0, 0.1) is 5.92 Å². The third-order valence-corrected chi connectivity index (χ3v) is 5.14. The SMILES string of the molecule is CN1CCC(C(=O)Nc2n[nH]c3ccc(-c4ccc(N)cc4)cc23)CC1.Cl.Cl. The molecule has 28 heavy (non-hydrogen) atoms. The number of nitrogen functional groups attached to an aromatic ring is 1. The fourth-order valence-electron chi connectivity index (χ4n) is 3.45. The van der Waals surface area contributed by atoms with Crippen molar-refractivity contribution in [3.63, 3.8) is 0 Å². The quantitative estimate of drug-likeness (QED) is 0.558. The number of likely N-dealkylation sites (tertiary alicyclic amines) is 1. The van der Waals surface area contributed by atoms with Gasteiger partial charge in [-0.25, -0.2) is 0 Å². The Labute approximate surface area is 176 Å². The summed E-state index contributed by atoms with van der Waals surface area (Å²) in [6.07, 6.45) is 1.78. The number of nitrogens with zero attached hydrogens (tertiary/aromatic N) is 2. The minimum Gasteiger partial charge on any atom is -0.399 e. The van der Waals surface area contributed by atoms with Gasteiger partial charge in [-0.15, -0.1) is 24.8 Å². The minimum atomic E-state index is 0. The Morgan fingerprint density at radius 1 is 1.11 bits per heavy atom. The Morgan fingerprint density at radius 2 is 1.75 bits per heavy atom. The van der Waals surface area contributed by atoms with Gasteiger partial charge in [-0.2, -0.15) is 5.10 Å². The van der Waals surface area contributed by atoms with Gasteiger partial charge in [-0.1, -0.05) is 18.2 Å². The van der Waals surface area contributed by atoms with E-state index in [-0.39, 0.29) is 36.6 Å². The fraction of sp³-hybridized carbons (Fsp3) is 0.300. The van der Waals surface area contributed by atoms with E-state index in [2.05, 4.69) is 33.5 Å². The van der Waals surface area contributed by atoms with E-state index < -0.39 is 0 Å². The first kappa shape index (κ1) is 22.0. The molecule has 1 saturated heterocycles. The van der Waals surface area contributed by atoms with Gasteiger partial charge in [0.1, 0.15) is 0 Å². The molecule has 0 unspecified atom stereocenters. The summed E-state index contributed by atoms with van der Waals surface area (Å²) in [5.41, 5.74) is 9.56. The van der Waals surface area contributed by atoms with Crippen LogP contribution in [0.3, 0.4) is 0 Å². The smallest absolute Gasteiger partial charge is 0.228 e. The molecule has 0 atom stereocenters. The molecule has 0 spiro atoms. The number of amides is 1. The Hall–Kier alpha value is -2.28. The lowest BCUT2D eigenvalue weighted by Crippen LogP contribution is -2.36. The lowest BCUT2D eigenvalue weighted by Gasteiger charge is -2.27. The molecule has 2 aromatic carbocycles. The van der Waals surface area contributed by atoms with Crippen LogP contribution in [0.1, 0.15) is 12.8 Å². The second-order valence-electron chi connectivity index (χ2n) is 7.02. The Bertz CT molecular complexity index is 933. The van der Waals surface area contributed by atoms with Crippen LogP contribution in [0.25, 0.3) is 22.0 Å². The number of nitrogens with one attached hydrogen (secondary N) is 2. The van der Waals surface area contributed by atoms with E-state index in [1.165, 1.54) is 0 Å². The van der Waals surface area contributed by atoms with Gasteiger partial charge >= 0.3 is 0 Å². The summed E-state index contributed by atoms with van der Waals surface area (Å²) >= 11 is 0. The number of piperidine rings is 1. The van der Waals surface area contributed by atoms with Crippen molar-refractivity contribution in [2.24, 2.45) is 5.92 Å². The lowest BCUT2D eigenvalue weighted by atomic mass is 9.96. The lowest BCUT2D eigenvalue weighted by molar-refractivity contribution is -0.121. The number of benzene rings is 2. The zero-order valence-corrected chi connectivity index (χ0v) is 17.3. The van der Waals surface area contributed by atoms with E-state index in [0.29, 0.717) is 5.82 Å². The summed E-state index contributed by atoms with van der Waals surface area (Å²) in [7, 11) is 2.09. The van der Waals surface area contributed by atoms with Crippen molar-refractivity contribution in [3.8, 4) is 11.1 Å². The van der Waals surface area contributed by atoms with E-state index in [0.717, 1.165) is 53.6 Å². The van der Waals surface area contributed by atoms with Crippen molar-refractivity contribution < 1.29 is 4.79 Å². The first-order chi connectivity index (χ1) is 12.6. The van der Waals surface area contributed by atoms with Crippen LogP contribution in [0.4, 0.5) is 11.5 Å². The van der Waals surface area contributed by atoms with Crippen molar-refractivity contribution in [3.05, 3.63) is 42.5 Å². The third-order valence-electron chi connectivity index (χ3n) is 5.14. The summed E-state index contributed by atoms with van der Waals surface area (Å²) in [4.78, 5) is 14.9. The zero-order valence-electron chi connectivity index (χ0n) is 15.6. The molecule has 2 heterocycles. The van der Waals surface area contributed by atoms with Crippen molar-refractivity contribution in [1.82, 2.24) is 15.1 Å². The van der Waals surface area contributed by atoms with Crippen molar-refractivity contribution >= 4 is 53.1 Å². The van der Waals surface area contributed by atoms with E-state index in [9.17, 15) is 4.79 Å². The number of fused-ring (bicyclic) bond motifs is 1. The molecule has 4 N–H and O–H groups in total. The largest absolute Gasteiger partial charge is 0.399 e. The Kier molecular flexibility index (Phi) is 7.29. The van der Waals surface area contributed by atoms with Gasteiger partial charge in [0, 0.05) is 17.0 Å². The number of aromatic nitrogens is 2. The molecule has 1 amide bonds. The van der Waals surface area contributed by atoms with Gasteiger partial charge in [-0.05, 0) is 68.4 Å². The Morgan fingerprint density at radius 3 is 2.43 bits per heavy atom. The van der Waals surface area contributed by atoms with Crippen LogP contribution in [-0.2, 0) is 4.79 Å². The number of rotatable bonds is 3. The molecule has 8 heteroatoms. The topological polar surface area (TPSA) is 87.0 Å². The van der Waals surface area contributed by atoms with E-state index in [1.807, 2.05) is 36.4 Å². The number of nitrogens with two attached hydrogens (primary N) is 1. The summed E-state index contributed by atoms with van der Waals surface area (Å²) in [6, 6.07) is 13.8. The summed E-state index contributed by atoms with van der Waals surface area (Å²) in [5.74, 6) is 0.712. The van der Waals surface area contributed by atoms with Gasteiger partial charge in [0.25, 0.3) is 0 Å². The van der Waals surface area contributed by atoms with Crippen molar-refractivity contribution in [1.29, 1.82) is 0 Å². The predicted octanol–water partition coefficient (Wildman–Crippen LogP) is 3.94. The maximum Gasteiger partial charge on any atom is 0.228 e. The molecular weight excluding hydrogens is 397 g/mol. The molecule has 1 aromatic heterocycles. The normalized spacial score (nSPS) is 14.9. The summed E-state index contributed by atoms with van der Waals surface area (Å²) < 4.78 is 0. The number of hydrogen-bond donors (Lipinski definition) is 3. The fourth-order valence-corrected chi connectivity index (χ4v) is 3.45. The number of halogens is 2. The molecule has 4 rings (SSSR count). The molecule has 150 valence electrons. The van der Waals surface area contributed by atoms with Crippen LogP contribution < -0.4 is 11.1 Å². The van der Waals surface area contributed by atoms with E-state index in [1.54, 1.807) is 0 Å². The number of H-pyrrole nitrogens is 1. The molecule has 0 saturated carbocycles. The number of carbonyl (C=O) groups is 1. The third kappa shape index (κ3) is 4.58. The molecule has 1 fully saturated rings. The van der Waals surface area contributed by atoms with E-state index in [4.69, 9.17) is 5.73 Å². The van der Waals surface area contributed by atoms with Crippen LogP contribution >= 0.6 is 24.8 Å². The maximum absolute atomic E-state index is 12.6. The first-order valence-electron chi connectivity index (χ1n) is 8.93. The van der Waals surface area contributed by atoms with Crippen molar-refractivity contribution in [2.75, 3.05) is 31.2 Å². The van der Waals surface area contributed by atoms with Crippen LogP contribution in [0.15, 0.2) is 42.5 Å². The molecule has 1 aliphatic heterocycles. The number of aromatic amines is 1. The molecule has 3 aromatic rings. The molecule has 0 aliphatic carbocycles. The van der Waals surface area contributed by atoms with Gasteiger partial charge in [-0.3, -0.25) is 9.89 Å². The summed E-state index contributed by atoms with van der Waals surface area (Å²) in [5, 5.41) is 11.2. The van der Waals surface area contributed by atoms with Gasteiger partial charge in [0.05, 0.1) is 5.52 Å². The molecule has 0 bridgehead atoms. The highest BCUT2D eigenvalue weighted by Gasteiger charge is 2.24. The number of anilines is 2. The number of carbonyl (C=O) groups excluding carboxylic acids is 1. The summed E-state index contributed by atoms with van der Waals surface area (Å²) in [6.45, 7) is 1.92. The first-order valence-corrected chi connectivity index (χ1v) is 8.93. The Balaban J connectivity index is 0.00000140. The second kappa shape index (κ2) is 9.28. The van der Waals surface area contributed by atoms with Gasteiger partial charge in [0.2, 0.25) is 5.91 Å². The second-order valence-corrected chi connectivity index (χ2v) is 7.02. The highest BCUT2D eigenvalue weighted by Crippen LogP contribution is 2.29. The average Bonchev–Trinajstić information content (AvgIpc) is 3.05. The molecular formula is C20H25Cl2N5O. The van der Waals surface area contributed by atoms with E-state index >= 15 is 0 Å². The van der Waals surface area contributed by atoms with Gasteiger partial charge in [0.15, 0.2) is 5.82 Å².